The van der Waals surface area contributed by atoms with Crippen LogP contribution in [0.5, 0.6) is 0 Å². The largest absolute Gasteiger partial charge is 0.309 e. The van der Waals surface area contributed by atoms with Crippen molar-refractivity contribution in [2.24, 2.45) is 0 Å². The number of hydrogen-bond donors (Lipinski definition) is 1. The van der Waals surface area contributed by atoms with Crippen molar-refractivity contribution < 1.29 is 0 Å². The Bertz CT molecular complexity index is 363. The SMILES string of the molecule is Cc1ccc(C(C)NCCC#N)cc1C. The molecule has 0 aliphatic carbocycles. The molecule has 1 unspecified atom stereocenters. The molecule has 2 heteroatoms. The second-order valence-corrected chi connectivity index (χ2v) is 3.93. The zero-order valence-corrected chi connectivity index (χ0v) is 9.67. The zero-order valence-electron chi connectivity index (χ0n) is 9.67. The van der Waals surface area contributed by atoms with Crippen molar-refractivity contribution in [1.82, 2.24) is 5.32 Å². The minimum absolute atomic E-state index is 0.317. The highest BCUT2D eigenvalue weighted by atomic mass is 14.9. The first kappa shape index (κ1) is 11.7. The first-order valence-corrected chi connectivity index (χ1v) is 5.32. The first-order valence-electron chi connectivity index (χ1n) is 5.32. The quantitative estimate of drug-likeness (QED) is 0.762. The Morgan fingerprint density at radius 2 is 2.07 bits per heavy atom. The molecule has 1 N–H and O–H groups in total. The van der Waals surface area contributed by atoms with Crippen LogP contribution in [0.2, 0.25) is 0 Å². The molecule has 0 saturated carbocycles. The van der Waals surface area contributed by atoms with E-state index >= 15 is 0 Å². The lowest BCUT2D eigenvalue weighted by Crippen LogP contribution is -2.19. The summed E-state index contributed by atoms with van der Waals surface area (Å²) >= 11 is 0. The van der Waals surface area contributed by atoms with Gasteiger partial charge < -0.3 is 5.32 Å². The highest BCUT2D eigenvalue weighted by Gasteiger charge is 2.04. The number of benzene rings is 1. The molecule has 0 aliphatic heterocycles. The van der Waals surface area contributed by atoms with Crippen LogP contribution >= 0.6 is 0 Å². The fourth-order valence-corrected chi connectivity index (χ4v) is 1.50. The maximum atomic E-state index is 8.44. The molecule has 1 aromatic rings. The molecule has 0 fully saturated rings. The lowest BCUT2D eigenvalue weighted by atomic mass is 10.0. The van der Waals surface area contributed by atoms with Gasteiger partial charge in [0, 0.05) is 19.0 Å². The van der Waals surface area contributed by atoms with Crippen molar-refractivity contribution >= 4 is 0 Å². The van der Waals surface area contributed by atoms with Crippen molar-refractivity contribution in [3.8, 4) is 6.07 Å². The topological polar surface area (TPSA) is 35.8 Å². The fourth-order valence-electron chi connectivity index (χ4n) is 1.50. The smallest absolute Gasteiger partial charge is 0.0635 e. The van der Waals surface area contributed by atoms with E-state index in [2.05, 4.69) is 50.4 Å². The Kier molecular flexibility index (Phi) is 4.33. The van der Waals surface area contributed by atoms with E-state index in [9.17, 15) is 0 Å². The third kappa shape index (κ3) is 3.38. The summed E-state index contributed by atoms with van der Waals surface area (Å²) in [6, 6.07) is 8.95. The van der Waals surface area contributed by atoms with Gasteiger partial charge in [0.05, 0.1) is 6.07 Å². The second kappa shape index (κ2) is 5.53. The molecule has 1 aromatic carbocycles. The number of nitriles is 1. The molecular weight excluding hydrogens is 184 g/mol. The zero-order chi connectivity index (χ0) is 11.3. The van der Waals surface area contributed by atoms with E-state index in [1.807, 2.05) is 0 Å². The Hall–Kier alpha value is -1.33. The maximum absolute atomic E-state index is 8.44. The Balaban J connectivity index is 2.62. The lowest BCUT2D eigenvalue weighted by Gasteiger charge is -2.14. The molecule has 80 valence electrons. The number of aryl methyl sites for hydroxylation is 2. The minimum Gasteiger partial charge on any atom is -0.309 e. The summed E-state index contributed by atoms with van der Waals surface area (Å²) in [6.07, 6.45) is 0.565. The van der Waals surface area contributed by atoms with Crippen LogP contribution in [0.1, 0.15) is 36.1 Å². The highest BCUT2D eigenvalue weighted by Crippen LogP contribution is 2.16. The monoisotopic (exact) mass is 202 g/mol. The van der Waals surface area contributed by atoms with Crippen molar-refractivity contribution in [3.05, 3.63) is 34.9 Å². The number of hydrogen-bond acceptors (Lipinski definition) is 2. The van der Waals surface area contributed by atoms with Gasteiger partial charge in [0.25, 0.3) is 0 Å². The molecule has 15 heavy (non-hydrogen) atoms. The van der Waals surface area contributed by atoms with Crippen molar-refractivity contribution in [2.45, 2.75) is 33.2 Å². The van der Waals surface area contributed by atoms with E-state index in [1.165, 1.54) is 16.7 Å². The number of nitrogens with one attached hydrogen (secondary N) is 1. The van der Waals surface area contributed by atoms with E-state index in [-0.39, 0.29) is 0 Å². The molecule has 0 amide bonds. The second-order valence-electron chi connectivity index (χ2n) is 3.93. The van der Waals surface area contributed by atoms with Gasteiger partial charge in [-0.15, -0.1) is 0 Å². The normalized spacial score (nSPS) is 12.1. The van der Waals surface area contributed by atoms with Crippen molar-refractivity contribution in [3.63, 3.8) is 0 Å². The first-order chi connectivity index (χ1) is 7.15. The number of rotatable bonds is 4. The predicted molar refractivity (Wildman–Crippen MR) is 62.6 cm³/mol. The van der Waals surface area contributed by atoms with Crippen LogP contribution in [0.15, 0.2) is 18.2 Å². The molecule has 0 spiro atoms. The van der Waals surface area contributed by atoms with E-state index in [0.29, 0.717) is 12.5 Å². The van der Waals surface area contributed by atoms with E-state index in [1.54, 1.807) is 0 Å². The predicted octanol–water partition coefficient (Wildman–Crippen LogP) is 2.87. The van der Waals surface area contributed by atoms with Gasteiger partial charge in [-0.25, -0.2) is 0 Å². The molecule has 0 aliphatic rings. The summed E-state index contributed by atoms with van der Waals surface area (Å²) in [5.41, 5.74) is 3.93. The molecule has 0 radical (unpaired) electrons. The molecule has 0 heterocycles. The molecule has 1 atom stereocenters. The third-order valence-electron chi connectivity index (χ3n) is 2.72. The molecule has 0 bridgehead atoms. The van der Waals surface area contributed by atoms with Crippen molar-refractivity contribution in [2.75, 3.05) is 6.54 Å². The van der Waals surface area contributed by atoms with Gasteiger partial charge in [-0.2, -0.15) is 5.26 Å². The summed E-state index contributed by atoms with van der Waals surface area (Å²) in [6.45, 7) is 7.12. The van der Waals surface area contributed by atoms with Gasteiger partial charge in [0.1, 0.15) is 0 Å². The highest BCUT2D eigenvalue weighted by molar-refractivity contribution is 5.31. The maximum Gasteiger partial charge on any atom is 0.0635 e. The van der Waals surface area contributed by atoms with Crippen LogP contribution < -0.4 is 5.32 Å². The minimum atomic E-state index is 0.317. The van der Waals surface area contributed by atoms with Gasteiger partial charge >= 0.3 is 0 Å². The average Bonchev–Trinajstić information content (AvgIpc) is 2.22. The van der Waals surface area contributed by atoms with Gasteiger partial charge in [-0.05, 0) is 37.5 Å². The number of nitrogens with zero attached hydrogens (tertiary/aromatic N) is 1. The summed E-state index contributed by atoms with van der Waals surface area (Å²) in [5, 5.41) is 11.8. The van der Waals surface area contributed by atoms with Gasteiger partial charge in [-0.3, -0.25) is 0 Å². The van der Waals surface area contributed by atoms with Crippen molar-refractivity contribution in [1.29, 1.82) is 5.26 Å². The molecule has 0 aromatic heterocycles. The van der Waals surface area contributed by atoms with Crippen LogP contribution in [0.4, 0.5) is 0 Å². The Morgan fingerprint density at radius 3 is 2.67 bits per heavy atom. The molecule has 1 rings (SSSR count). The van der Waals surface area contributed by atoms with E-state index < -0.39 is 0 Å². The van der Waals surface area contributed by atoms with Crippen LogP contribution in [0, 0.1) is 25.2 Å². The summed E-state index contributed by atoms with van der Waals surface area (Å²) < 4.78 is 0. The average molecular weight is 202 g/mol. The third-order valence-corrected chi connectivity index (χ3v) is 2.72. The standard InChI is InChI=1S/C13H18N2/c1-10-5-6-13(9-11(10)2)12(3)15-8-4-7-14/h5-6,9,12,15H,4,8H2,1-3H3. The van der Waals surface area contributed by atoms with Gasteiger partial charge in [0.15, 0.2) is 0 Å². The molecular formula is C13H18N2. The summed E-state index contributed by atoms with van der Waals surface area (Å²) in [4.78, 5) is 0. The lowest BCUT2D eigenvalue weighted by molar-refractivity contribution is 0.582. The van der Waals surface area contributed by atoms with E-state index in [0.717, 1.165) is 6.54 Å². The van der Waals surface area contributed by atoms with Gasteiger partial charge in [0.2, 0.25) is 0 Å². The molecule has 0 saturated heterocycles. The van der Waals surface area contributed by atoms with Crippen LogP contribution in [-0.2, 0) is 0 Å². The van der Waals surface area contributed by atoms with Gasteiger partial charge in [-0.1, -0.05) is 18.2 Å². The van der Waals surface area contributed by atoms with Crippen LogP contribution in [0.25, 0.3) is 0 Å². The fraction of sp³-hybridized carbons (Fsp3) is 0.462. The van der Waals surface area contributed by atoms with Crippen LogP contribution in [0.3, 0.4) is 0 Å². The summed E-state index contributed by atoms with van der Waals surface area (Å²) in [7, 11) is 0. The Labute approximate surface area is 91.9 Å². The Morgan fingerprint density at radius 1 is 1.33 bits per heavy atom. The van der Waals surface area contributed by atoms with Crippen LogP contribution in [-0.4, -0.2) is 6.54 Å². The van der Waals surface area contributed by atoms with E-state index in [4.69, 9.17) is 5.26 Å². The molecule has 2 nitrogen and oxygen atoms in total. The summed E-state index contributed by atoms with van der Waals surface area (Å²) in [5.74, 6) is 0.